The molecule has 0 bridgehead atoms. The molecule has 0 saturated carbocycles. The lowest BCUT2D eigenvalue weighted by Gasteiger charge is -2.18. The summed E-state index contributed by atoms with van der Waals surface area (Å²) in [6, 6.07) is 13.6. The second-order valence-electron chi connectivity index (χ2n) is 15.1. The van der Waals surface area contributed by atoms with E-state index in [0.29, 0.717) is 16.7 Å². The van der Waals surface area contributed by atoms with Crippen molar-refractivity contribution in [3.05, 3.63) is 157 Å². The first-order valence-electron chi connectivity index (χ1n) is 23.0. The molecule has 4 aromatic carbocycles. The van der Waals surface area contributed by atoms with E-state index in [-0.39, 0.29) is 82.1 Å². The van der Waals surface area contributed by atoms with E-state index in [9.17, 15) is 43.2 Å². The van der Waals surface area contributed by atoms with Gasteiger partial charge in [0, 0.05) is 43.2 Å². The third-order valence-corrected chi connectivity index (χ3v) is 9.82. The Morgan fingerprint density at radius 1 is 0.418 bits per heavy atom. The van der Waals surface area contributed by atoms with E-state index in [1.165, 1.54) is 36.4 Å². The van der Waals surface area contributed by atoms with Gasteiger partial charge in [-0.3, -0.25) is 4.79 Å². The molecule has 0 amide bonds. The summed E-state index contributed by atoms with van der Waals surface area (Å²) in [7, 11) is 0. The number of carbonyl (C=O) groups is 9. The molecule has 0 aliphatic rings. The van der Waals surface area contributed by atoms with E-state index < -0.39 is 94.5 Å². The molecule has 4 rings (SSSR count). The minimum Gasteiger partial charge on any atom is -0.462 e. The molecule has 79 heavy (non-hydrogen) atoms. The average Bonchev–Trinajstić information content (AvgIpc) is 3.48. The van der Waals surface area contributed by atoms with E-state index in [0.717, 1.165) is 42.5 Å². The zero-order valence-corrected chi connectivity index (χ0v) is 42.9. The maximum atomic E-state index is 13.6. The van der Waals surface area contributed by atoms with Gasteiger partial charge in [-0.05, 0) is 79.1 Å². The fraction of sp³-hybridized carbons (Fsp3) is 0.218. The Labute approximate surface area is 451 Å². The first-order chi connectivity index (χ1) is 37.9. The van der Waals surface area contributed by atoms with Crippen molar-refractivity contribution < 1.29 is 114 Å². The summed E-state index contributed by atoms with van der Waals surface area (Å²) in [4.78, 5) is 111. The molecule has 0 heterocycles. The first-order valence-corrected chi connectivity index (χ1v) is 23.0. The Bertz CT molecular complexity index is 2920. The quantitative estimate of drug-likeness (QED) is 0.0160. The van der Waals surface area contributed by atoms with Crippen LogP contribution in [0.5, 0.6) is 46.0 Å². The highest BCUT2D eigenvalue weighted by molar-refractivity contribution is 5.95. The van der Waals surface area contributed by atoms with E-state index >= 15 is 0 Å². The highest BCUT2D eigenvalue weighted by Crippen LogP contribution is 2.41. The lowest BCUT2D eigenvalue weighted by Crippen LogP contribution is -2.15. The van der Waals surface area contributed by atoms with Crippen molar-refractivity contribution in [2.45, 2.75) is 33.6 Å². The number of aryl methyl sites for hydroxylation is 2. The summed E-state index contributed by atoms with van der Waals surface area (Å²) < 4.78 is 79.7. The zero-order valence-electron chi connectivity index (χ0n) is 42.9. The van der Waals surface area contributed by atoms with E-state index in [2.05, 4.69) is 32.9 Å². The minimum atomic E-state index is -0.987. The summed E-state index contributed by atoms with van der Waals surface area (Å²) in [5, 5.41) is 0. The number of rotatable bonds is 32. The van der Waals surface area contributed by atoms with Gasteiger partial charge in [0.15, 0.2) is 23.0 Å². The van der Waals surface area contributed by atoms with Crippen LogP contribution in [0.4, 0.5) is 0 Å². The molecule has 0 unspecified atom stereocenters. The molecule has 0 aliphatic heterocycles. The molecule has 24 heteroatoms. The standard InChI is InChI=1S/C55H52O24/c1-9-45(56)70-27-66-41-23-36(24-42(67-28-71-46(57)10-2)51(41)76-31-74-49(60)13-5)53(62)78-38-16-17-39(33(7)22-38)55(64)65-20-19-35-15-18-40(34(8)21-35)79-54(63)37-25-43(68-29-72-47(58)11-3)52(77-32-75-50(61)14-6)44(26-37)69-30-73-48(59)12-4/h9-11,13-18,21-26H,1-3,5-6,12,19-20,27-32H2,4,7-8H3. The summed E-state index contributed by atoms with van der Waals surface area (Å²) in [6.45, 7) is 17.1. The fourth-order valence-electron chi connectivity index (χ4n) is 5.98. The highest BCUT2D eigenvalue weighted by atomic mass is 16.7. The van der Waals surface area contributed by atoms with E-state index in [4.69, 9.17) is 71.1 Å². The fourth-order valence-corrected chi connectivity index (χ4v) is 5.98. The van der Waals surface area contributed by atoms with Gasteiger partial charge in [-0.25, -0.2) is 38.4 Å². The molecular formula is C55H52O24. The van der Waals surface area contributed by atoms with Gasteiger partial charge >= 0.3 is 53.7 Å². The van der Waals surface area contributed by atoms with Crippen LogP contribution in [0.1, 0.15) is 61.1 Å². The van der Waals surface area contributed by atoms with Gasteiger partial charge in [0.1, 0.15) is 11.5 Å². The van der Waals surface area contributed by atoms with Gasteiger partial charge in [-0.1, -0.05) is 52.0 Å². The summed E-state index contributed by atoms with van der Waals surface area (Å²) >= 11 is 0. The molecule has 0 atom stereocenters. The number of esters is 9. The van der Waals surface area contributed by atoms with Crippen LogP contribution < -0.4 is 37.9 Å². The zero-order chi connectivity index (χ0) is 57.9. The third-order valence-electron chi connectivity index (χ3n) is 9.82. The first kappa shape index (κ1) is 61.2. The van der Waals surface area contributed by atoms with Crippen molar-refractivity contribution in [3.8, 4) is 46.0 Å². The van der Waals surface area contributed by atoms with Gasteiger partial charge in [-0.2, -0.15) is 0 Å². The Morgan fingerprint density at radius 3 is 1.22 bits per heavy atom. The number of hydrogen-bond acceptors (Lipinski definition) is 24. The Morgan fingerprint density at radius 2 is 0.823 bits per heavy atom. The number of hydrogen-bond donors (Lipinski definition) is 0. The third kappa shape index (κ3) is 19.7. The van der Waals surface area contributed by atoms with Crippen molar-refractivity contribution in [2.75, 3.05) is 47.4 Å². The molecule has 0 spiro atoms. The van der Waals surface area contributed by atoms with Crippen LogP contribution in [0.15, 0.2) is 124 Å². The molecule has 0 fully saturated rings. The van der Waals surface area contributed by atoms with Gasteiger partial charge < -0.3 is 71.1 Å². The predicted molar refractivity (Wildman–Crippen MR) is 270 cm³/mol. The lowest BCUT2D eigenvalue weighted by molar-refractivity contribution is -0.150. The average molecular weight is 1100 g/mol. The summed E-state index contributed by atoms with van der Waals surface area (Å²) in [6.07, 6.45) is 4.67. The number of ether oxygens (including phenoxy) is 15. The summed E-state index contributed by atoms with van der Waals surface area (Å²) in [5.74, 6) is -8.85. The van der Waals surface area contributed by atoms with Crippen molar-refractivity contribution in [2.24, 2.45) is 0 Å². The van der Waals surface area contributed by atoms with Crippen molar-refractivity contribution in [1.29, 1.82) is 0 Å². The highest BCUT2D eigenvalue weighted by Gasteiger charge is 2.25. The van der Waals surface area contributed by atoms with Crippen LogP contribution in [-0.2, 0) is 68.3 Å². The number of benzene rings is 4. The van der Waals surface area contributed by atoms with Crippen LogP contribution in [0.25, 0.3) is 0 Å². The Kier molecular flexibility index (Phi) is 24.4. The van der Waals surface area contributed by atoms with Gasteiger partial charge in [0.2, 0.25) is 52.3 Å². The molecule has 0 N–H and O–H groups in total. The van der Waals surface area contributed by atoms with Gasteiger partial charge in [0.05, 0.1) is 23.3 Å². The van der Waals surface area contributed by atoms with Crippen LogP contribution in [0.2, 0.25) is 0 Å². The molecule has 416 valence electrons. The normalized spacial score (nSPS) is 10.1. The Balaban J connectivity index is 1.47. The van der Waals surface area contributed by atoms with Crippen LogP contribution in [0, 0.1) is 13.8 Å². The van der Waals surface area contributed by atoms with Gasteiger partial charge in [-0.15, -0.1) is 0 Å². The maximum Gasteiger partial charge on any atom is 0.343 e. The molecule has 0 saturated heterocycles. The van der Waals surface area contributed by atoms with E-state index in [1.54, 1.807) is 32.9 Å². The van der Waals surface area contributed by atoms with E-state index in [1.807, 2.05) is 0 Å². The topological polar surface area (TPSA) is 292 Å². The maximum absolute atomic E-state index is 13.6. The van der Waals surface area contributed by atoms with Gasteiger partial charge in [0.25, 0.3) is 0 Å². The molecular weight excluding hydrogens is 1040 g/mol. The predicted octanol–water partition coefficient (Wildman–Crippen LogP) is 6.76. The summed E-state index contributed by atoms with van der Waals surface area (Å²) in [5.41, 5.74) is 1.30. The largest absolute Gasteiger partial charge is 0.462 e. The molecule has 0 aromatic heterocycles. The lowest BCUT2D eigenvalue weighted by atomic mass is 10.1. The molecule has 24 nitrogen and oxygen atoms in total. The van der Waals surface area contributed by atoms with Crippen molar-refractivity contribution in [3.63, 3.8) is 0 Å². The molecule has 4 aromatic rings. The van der Waals surface area contributed by atoms with Crippen LogP contribution in [-0.4, -0.2) is 101 Å². The Hall–Kier alpha value is -10.4. The second kappa shape index (κ2) is 31.5. The van der Waals surface area contributed by atoms with Crippen molar-refractivity contribution >= 4 is 53.7 Å². The molecule has 0 aliphatic carbocycles. The van der Waals surface area contributed by atoms with Crippen LogP contribution in [0.3, 0.4) is 0 Å². The van der Waals surface area contributed by atoms with Crippen LogP contribution >= 0.6 is 0 Å². The molecule has 0 radical (unpaired) electrons. The van der Waals surface area contributed by atoms with Crippen molar-refractivity contribution in [1.82, 2.24) is 0 Å². The minimum absolute atomic E-state index is 0.00434. The second-order valence-corrected chi connectivity index (χ2v) is 15.1. The smallest absolute Gasteiger partial charge is 0.343 e. The number of carbonyl (C=O) groups excluding carboxylic acids is 9. The SMILES string of the molecule is C=CC(=O)OCOc1cc(C(=O)Oc2ccc(C(=O)OCCc3ccc(OC(=O)c4cc(OCOC(=O)C=C)c(OCOC(=O)C=C)c(OCOC(=O)CC)c4)c(C)c3)c(C)c2)cc(OCOC(=O)C=C)c1OCOC(=O)C=C. The monoisotopic (exact) mass is 1100 g/mol.